The largest absolute Gasteiger partial charge is 0.384 e. The Hall–Kier alpha value is -1.79. The van der Waals surface area contributed by atoms with E-state index >= 15 is 0 Å². The SMILES string of the molecule is CCC(C)CNC(=O)c1ccc(C)c(C#CCO)c1. The normalized spacial score (nSPS) is 11.4. The minimum atomic E-state index is -0.177. The van der Waals surface area contributed by atoms with Gasteiger partial charge in [-0.15, -0.1) is 0 Å². The maximum atomic E-state index is 12.0. The Morgan fingerprint density at radius 2 is 2.21 bits per heavy atom. The molecule has 0 fully saturated rings. The number of hydrogen-bond donors (Lipinski definition) is 2. The highest BCUT2D eigenvalue weighted by Crippen LogP contribution is 2.10. The van der Waals surface area contributed by atoms with Crippen LogP contribution in [-0.4, -0.2) is 24.2 Å². The Kier molecular flexibility index (Phi) is 6.11. The highest BCUT2D eigenvalue weighted by atomic mass is 16.2. The smallest absolute Gasteiger partial charge is 0.251 e. The molecule has 0 spiro atoms. The molecule has 0 saturated heterocycles. The fourth-order valence-electron chi connectivity index (χ4n) is 1.55. The van der Waals surface area contributed by atoms with Gasteiger partial charge >= 0.3 is 0 Å². The molecule has 1 atom stereocenters. The van der Waals surface area contributed by atoms with Crippen molar-refractivity contribution in [3.05, 3.63) is 34.9 Å². The maximum absolute atomic E-state index is 12.0. The molecule has 0 aromatic heterocycles. The molecule has 1 aromatic carbocycles. The van der Waals surface area contributed by atoms with E-state index in [1.54, 1.807) is 12.1 Å². The molecule has 19 heavy (non-hydrogen) atoms. The molecule has 0 radical (unpaired) electrons. The topological polar surface area (TPSA) is 49.3 Å². The van der Waals surface area contributed by atoms with E-state index in [4.69, 9.17) is 5.11 Å². The Balaban J connectivity index is 2.81. The van der Waals surface area contributed by atoms with E-state index in [-0.39, 0.29) is 12.5 Å². The van der Waals surface area contributed by atoms with Gasteiger partial charge in [-0.25, -0.2) is 0 Å². The summed E-state index contributed by atoms with van der Waals surface area (Å²) >= 11 is 0. The van der Waals surface area contributed by atoms with E-state index in [0.29, 0.717) is 18.0 Å². The van der Waals surface area contributed by atoms with Crippen LogP contribution in [0.5, 0.6) is 0 Å². The molecule has 102 valence electrons. The van der Waals surface area contributed by atoms with Gasteiger partial charge < -0.3 is 10.4 Å². The van der Waals surface area contributed by atoms with Crippen LogP contribution in [-0.2, 0) is 0 Å². The summed E-state index contributed by atoms with van der Waals surface area (Å²) in [5, 5.41) is 11.6. The highest BCUT2D eigenvalue weighted by Gasteiger charge is 2.08. The first-order chi connectivity index (χ1) is 9.08. The van der Waals surface area contributed by atoms with Crippen molar-refractivity contribution in [2.75, 3.05) is 13.2 Å². The Morgan fingerprint density at radius 3 is 2.84 bits per heavy atom. The number of aryl methyl sites for hydroxylation is 1. The number of aliphatic hydroxyl groups is 1. The second kappa shape index (κ2) is 7.60. The Bertz CT molecular complexity index is 497. The molecular formula is C16H21NO2. The van der Waals surface area contributed by atoms with Crippen LogP contribution < -0.4 is 5.32 Å². The van der Waals surface area contributed by atoms with Crippen molar-refractivity contribution in [2.24, 2.45) is 5.92 Å². The average Bonchev–Trinajstić information content (AvgIpc) is 2.43. The molecule has 0 saturated carbocycles. The zero-order valence-corrected chi connectivity index (χ0v) is 11.8. The number of aliphatic hydroxyl groups excluding tert-OH is 1. The second-order valence-corrected chi connectivity index (χ2v) is 4.71. The first-order valence-corrected chi connectivity index (χ1v) is 6.57. The summed E-state index contributed by atoms with van der Waals surface area (Å²) in [6.45, 7) is 6.64. The molecule has 0 aliphatic heterocycles. The standard InChI is InChI=1S/C16H21NO2/c1-4-12(2)11-17-16(19)15-8-7-13(3)14(10-15)6-5-9-18/h7-8,10,12,18H,4,9,11H2,1-3H3,(H,17,19). The molecule has 1 unspecified atom stereocenters. The van der Waals surface area contributed by atoms with Gasteiger partial charge in [0.2, 0.25) is 0 Å². The minimum Gasteiger partial charge on any atom is -0.384 e. The monoisotopic (exact) mass is 259 g/mol. The van der Waals surface area contributed by atoms with E-state index < -0.39 is 0 Å². The first kappa shape index (κ1) is 15.3. The van der Waals surface area contributed by atoms with Crippen LogP contribution in [0.3, 0.4) is 0 Å². The van der Waals surface area contributed by atoms with Crippen molar-refractivity contribution in [1.29, 1.82) is 0 Å². The van der Waals surface area contributed by atoms with Gasteiger partial charge in [-0.05, 0) is 30.5 Å². The predicted octanol–water partition coefficient (Wildman–Crippen LogP) is 2.11. The number of rotatable bonds is 4. The van der Waals surface area contributed by atoms with Gasteiger partial charge in [0.05, 0.1) is 0 Å². The lowest BCUT2D eigenvalue weighted by Crippen LogP contribution is -2.28. The van der Waals surface area contributed by atoms with Crippen LogP contribution in [0.2, 0.25) is 0 Å². The molecule has 1 rings (SSSR count). The summed E-state index contributed by atoms with van der Waals surface area (Å²) in [6.07, 6.45) is 1.04. The first-order valence-electron chi connectivity index (χ1n) is 6.57. The lowest BCUT2D eigenvalue weighted by atomic mass is 10.0. The van der Waals surface area contributed by atoms with Crippen LogP contribution in [0, 0.1) is 24.7 Å². The fraction of sp³-hybridized carbons (Fsp3) is 0.438. The van der Waals surface area contributed by atoms with E-state index in [0.717, 1.165) is 17.5 Å². The van der Waals surface area contributed by atoms with Gasteiger partial charge in [0.1, 0.15) is 6.61 Å². The van der Waals surface area contributed by atoms with Gasteiger partial charge in [0.15, 0.2) is 0 Å². The molecule has 0 aliphatic carbocycles. The van der Waals surface area contributed by atoms with Crippen molar-refractivity contribution < 1.29 is 9.90 Å². The molecule has 0 bridgehead atoms. The third-order valence-corrected chi connectivity index (χ3v) is 3.11. The average molecular weight is 259 g/mol. The molecule has 3 nitrogen and oxygen atoms in total. The third kappa shape index (κ3) is 4.76. The van der Waals surface area contributed by atoms with Crippen LogP contribution in [0.25, 0.3) is 0 Å². The van der Waals surface area contributed by atoms with Gasteiger partial charge in [0.25, 0.3) is 5.91 Å². The van der Waals surface area contributed by atoms with Crippen molar-refractivity contribution >= 4 is 5.91 Å². The van der Waals surface area contributed by atoms with Gasteiger partial charge in [-0.3, -0.25) is 4.79 Å². The molecule has 2 N–H and O–H groups in total. The molecule has 0 aliphatic rings. The molecule has 3 heteroatoms. The van der Waals surface area contributed by atoms with Crippen LogP contribution >= 0.6 is 0 Å². The summed E-state index contributed by atoms with van der Waals surface area (Å²) < 4.78 is 0. The van der Waals surface area contributed by atoms with Crippen molar-refractivity contribution in [3.63, 3.8) is 0 Å². The van der Waals surface area contributed by atoms with Crippen molar-refractivity contribution in [2.45, 2.75) is 27.2 Å². The highest BCUT2D eigenvalue weighted by molar-refractivity contribution is 5.94. The number of carbonyl (C=O) groups excluding carboxylic acids is 1. The number of amides is 1. The Morgan fingerprint density at radius 1 is 1.47 bits per heavy atom. The summed E-state index contributed by atoms with van der Waals surface area (Å²) in [5.74, 6) is 5.86. The van der Waals surface area contributed by atoms with E-state index in [2.05, 4.69) is 31.0 Å². The summed E-state index contributed by atoms with van der Waals surface area (Å²) in [7, 11) is 0. The lowest BCUT2D eigenvalue weighted by molar-refractivity contribution is 0.0948. The zero-order valence-electron chi connectivity index (χ0n) is 11.8. The third-order valence-electron chi connectivity index (χ3n) is 3.11. The second-order valence-electron chi connectivity index (χ2n) is 4.71. The van der Waals surface area contributed by atoms with Crippen LogP contribution in [0.4, 0.5) is 0 Å². The number of hydrogen-bond acceptors (Lipinski definition) is 2. The predicted molar refractivity (Wildman–Crippen MR) is 76.9 cm³/mol. The summed E-state index contributed by atoms with van der Waals surface area (Å²) in [4.78, 5) is 12.0. The van der Waals surface area contributed by atoms with Gasteiger partial charge in [0, 0.05) is 17.7 Å². The van der Waals surface area contributed by atoms with Gasteiger partial charge in [-0.2, -0.15) is 0 Å². The molecule has 1 amide bonds. The maximum Gasteiger partial charge on any atom is 0.251 e. The fourth-order valence-corrected chi connectivity index (χ4v) is 1.55. The van der Waals surface area contributed by atoms with Crippen LogP contribution in [0.15, 0.2) is 18.2 Å². The molecule has 1 aromatic rings. The summed E-state index contributed by atoms with van der Waals surface area (Å²) in [6, 6.07) is 5.44. The van der Waals surface area contributed by atoms with E-state index in [1.165, 1.54) is 0 Å². The van der Waals surface area contributed by atoms with Crippen molar-refractivity contribution in [3.8, 4) is 11.8 Å². The van der Waals surface area contributed by atoms with E-state index in [9.17, 15) is 4.79 Å². The molecular weight excluding hydrogens is 238 g/mol. The minimum absolute atomic E-state index is 0.0765. The van der Waals surface area contributed by atoms with E-state index in [1.807, 2.05) is 13.0 Å². The Labute approximate surface area is 115 Å². The number of benzene rings is 1. The number of carbonyl (C=O) groups is 1. The zero-order chi connectivity index (χ0) is 14.3. The quantitative estimate of drug-likeness (QED) is 0.814. The van der Waals surface area contributed by atoms with Gasteiger partial charge in [-0.1, -0.05) is 38.2 Å². The summed E-state index contributed by atoms with van der Waals surface area (Å²) in [5.41, 5.74) is 2.39. The van der Waals surface area contributed by atoms with Crippen LogP contribution in [0.1, 0.15) is 41.8 Å². The number of nitrogens with one attached hydrogen (secondary N) is 1. The molecule has 0 heterocycles. The lowest BCUT2D eigenvalue weighted by Gasteiger charge is -2.10. The van der Waals surface area contributed by atoms with Crippen molar-refractivity contribution in [1.82, 2.24) is 5.32 Å².